The van der Waals surface area contributed by atoms with E-state index >= 15 is 0 Å². The lowest BCUT2D eigenvalue weighted by atomic mass is 10.1. The van der Waals surface area contributed by atoms with Crippen molar-refractivity contribution in [3.8, 4) is 0 Å². The first-order chi connectivity index (χ1) is 11.2. The molecule has 1 rings (SSSR count). The smallest absolute Gasteiger partial charge is 0.243 e. The van der Waals surface area contributed by atoms with Crippen LogP contribution in [0.4, 0.5) is 0 Å². The van der Waals surface area contributed by atoms with Crippen LogP contribution in [0.1, 0.15) is 71.1 Å². The molecule has 1 heterocycles. The summed E-state index contributed by atoms with van der Waals surface area (Å²) in [6, 6.07) is 0. The maximum Gasteiger partial charge on any atom is 0.243 e. The van der Waals surface area contributed by atoms with Crippen molar-refractivity contribution in [3.05, 3.63) is 18.7 Å². The molecule has 1 aromatic heterocycles. The third kappa shape index (κ3) is 12.8. The molecule has 1 unspecified atom stereocenters. The number of hydrogen-bond donors (Lipinski definition) is 1. The van der Waals surface area contributed by atoms with Gasteiger partial charge in [-0.25, -0.2) is 9.13 Å². The van der Waals surface area contributed by atoms with Gasteiger partial charge in [0.15, 0.2) is 0 Å². The first-order valence-corrected chi connectivity index (χ1v) is 9.49. The summed E-state index contributed by atoms with van der Waals surface area (Å²) >= 11 is 0. The van der Waals surface area contributed by atoms with Crippen LogP contribution < -0.4 is 17.0 Å². The van der Waals surface area contributed by atoms with E-state index in [9.17, 15) is 5.11 Å². The van der Waals surface area contributed by atoms with Gasteiger partial charge in [0.05, 0.1) is 13.7 Å². The zero-order valence-corrected chi connectivity index (χ0v) is 16.4. The molecule has 142 valence electrons. The van der Waals surface area contributed by atoms with E-state index in [1.165, 1.54) is 57.8 Å². The summed E-state index contributed by atoms with van der Waals surface area (Å²) in [6.45, 7) is 4.06. The number of nitrogens with zero attached hydrogens (tertiary/aromatic N) is 2. The molecule has 0 radical (unpaired) electrons. The molecule has 4 nitrogen and oxygen atoms in total. The molecular formula is C19H37ClN2O2. The maximum atomic E-state index is 9.92. The van der Waals surface area contributed by atoms with E-state index in [1.807, 2.05) is 34.9 Å². The van der Waals surface area contributed by atoms with Crippen LogP contribution in [0.5, 0.6) is 0 Å². The van der Waals surface area contributed by atoms with Gasteiger partial charge in [0.2, 0.25) is 6.33 Å². The number of imidazole rings is 1. The Bertz CT molecular complexity index is 385. The molecular weight excluding hydrogens is 324 g/mol. The molecule has 0 saturated carbocycles. The van der Waals surface area contributed by atoms with Crippen LogP contribution >= 0.6 is 0 Å². The second-order valence-corrected chi connectivity index (χ2v) is 6.69. The summed E-state index contributed by atoms with van der Waals surface area (Å²) in [4.78, 5) is 0. The number of aryl methyl sites for hydroxylation is 1. The molecule has 0 bridgehead atoms. The highest BCUT2D eigenvalue weighted by molar-refractivity contribution is 4.68. The highest BCUT2D eigenvalue weighted by Gasteiger charge is 2.09. The largest absolute Gasteiger partial charge is 1.00 e. The Kier molecular flexibility index (Phi) is 15.5. The van der Waals surface area contributed by atoms with Crippen LogP contribution in [0.25, 0.3) is 0 Å². The van der Waals surface area contributed by atoms with Crippen LogP contribution in [0.2, 0.25) is 0 Å². The molecule has 0 aliphatic rings. The van der Waals surface area contributed by atoms with E-state index in [0.717, 1.165) is 13.0 Å². The third-order valence-corrected chi connectivity index (χ3v) is 4.20. The second-order valence-electron chi connectivity index (χ2n) is 6.69. The lowest BCUT2D eigenvalue weighted by Crippen LogP contribution is -3.00. The van der Waals surface area contributed by atoms with E-state index < -0.39 is 6.10 Å². The Morgan fingerprint density at radius 2 is 1.58 bits per heavy atom. The van der Waals surface area contributed by atoms with Gasteiger partial charge in [-0.05, 0) is 6.42 Å². The van der Waals surface area contributed by atoms with Crippen molar-refractivity contribution in [3.63, 3.8) is 0 Å². The van der Waals surface area contributed by atoms with Gasteiger partial charge in [-0.2, -0.15) is 0 Å². The van der Waals surface area contributed by atoms with Crippen LogP contribution in [-0.2, 0) is 18.3 Å². The van der Waals surface area contributed by atoms with E-state index in [-0.39, 0.29) is 12.4 Å². The number of halogens is 1. The predicted octanol–water partition coefficient (Wildman–Crippen LogP) is 0.615. The summed E-state index contributed by atoms with van der Waals surface area (Å²) in [6.07, 6.45) is 18.8. The Morgan fingerprint density at radius 3 is 2.12 bits per heavy atom. The lowest BCUT2D eigenvalue weighted by Gasteiger charge is -2.09. The number of unbranched alkanes of at least 4 members (excludes halogenated alkanes) is 9. The van der Waals surface area contributed by atoms with Gasteiger partial charge in [-0.3, -0.25) is 0 Å². The summed E-state index contributed by atoms with van der Waals surface area (Å²) in [5.41, 5.74) is 0. The number of ether oxygens (including phenoxy) is 1. The van der Waals surface area contributed by atoms with Gasteiger partial charge < -0.3 is 22.3 Å². The van der Waals surface area contributed by atoms with Crippen LogP contribution in [0.3, 0.4) is 0 Å². The van der Waals surface area contributed by atoms with Gasteiger partial charge in [-0.1, -0.05) is 64.7 Å². The Morgan fingerprint density at radius 1 is 1.00 bits per heavy atom. The Hall–Kier alpha value is -0.580. The predicted molar refractivity (Wildman–Crippen MR) is 94.3 cm³/mol. The van der Waals surface area contributed by atoms with E-state index in [2.05, 4.69) is 6.92 Å². The summed E-state index contributed by atoms with van der Waals surface area (Å²) in [5, 5.41) is 9.92. The van der Waals surface area contributed by atoms with Crippen molar-refractivity contribution in [1.29, 1.82) is 0 Å². The minimum Gasteiger partial charge on any atom is -1.00 e. The second kappa shape index (κ2) is 15.9. The lowest BCUT2D eigenvalue weighted by molar-refractivity contribution is -0.671. The fourth-order valence-corrected chi connectivity index (χ4v) is 2.82. The van der Waals surface area contributed by atoms with Gasteiger partial charge in [-0.15, -0.1) is 0 Å². The zero-order chi connectivity index (χ0) is 16.8. The molecule has 1 aromatic rings. The Labute approximate surface area is 154 Å². The fraction of sp³-hybridized carbons (Fsp3) is 0.842. The molecule has 0 aromatic carbocycles. The molecule has 0 amide bonds. The minimum atomic E-state index is -0.425. The van der Waals surface area contributed by atoms with Crippen molar-refractivity contribution in [2.24, 2.45) is 7.05 Å². The SMILES string of the molecule is CCCCCCCCCCCCOCC(O)Cn1cc[n+](C)c1.[Cl-]. The molecule has 0 fully saturated rings. The standard InChI is InChI=1S/C19H37N2O2.ClH/c1-3-4-5-6-7-8-9-10-11-12-15-23-17-19(22)16-21-14-13-20(2)18-21;/h13-14,18-19,22H,3-12,15-17H2,1-2H3;1H/q+1;/p-1. The molecule has 1 atom stereocenters. The van der Waals surface area contributed by atoms with Gasteiger partial charge in [0, 0.05) is 6.61 Å². The van der Waals surface area contributed by atoms with Gasteiger partial charge in [0.1, 0.15) is 25.0 Å². The monoisotopic (exact) mass is 360 g/mol. The molecule has 0 aliphatic carbocycles. The van der Waals surface area contributed by atoms with Gasteiger partial charge in [0.25, 0.3) is 0 Å². The number of rotatable bonds is 15. The quantitative estimate of drug-likeness (QED) is 0.368. The highest BCUT2D eigenvalue weighted by atomic mass is 35.5. The number of aliphatic hydroxyl groups excluding tert-OH is 1. The summed E-state index contributed by atoms with van der Waals surface area (Å²) < 4.78 is 9.53. The van der Waals surface area contributed by atoms with Crippen LogP contribution in [0, 0.1) is 0 Å². The molecule has 5 heteroatoms. The summed E-state index contributed by atoms with van der Waals surface area (Å²) in [5.74, 6) is 0. The average Bonchev–Trinajstić information content (AvgIpc) is 2.93. The number of aliphatic hydroxyl groups is 1. The van der Waals surface area contributed by atoms with Crippen molar-refractivity contribution < 1.29 is 26.8 Å². The zero-order valence-electron chi connectivity index (χ0n) is 15.6. The third-order valence-electron chi connectivity index (χ3n) is 4.20. The molecule has 24 heavy (non-hydrogen) atoms. The first-order valence-electron chi connectivity index (χ1n) is 9.49. The van der Waals surface area contributed by atoms with Crippen LogP contribution in [-0.4, -0.2) is 29.0 Å². The van der Waals surface area contributed by atoms with E-state index in [0.29, 0.717) is 13.2 Å². The summed E-state index contributed by atoms with van der Waals surface area (Å²) in [7, 11) is 1.98. The van der Waals surface area contributed by atoms with Crippen molar-refractivity contribution in [2.45, 2.75) is 83.8 Å². The van der Waals surface area contributed by atoms with Crippen LogP contribution in [0.15, 0.2) is 18.7 Å². The molecule has 0 aliphatic heterocycles. The normalized spacial score (nSPS) is 12.1. The number of aromatic nitrogens is 2. The molecule has 0 saturated heterocycles. The first kappa shape index (κ1) is 23.4. The van der Waals surface area contributed by atoms with E-state index in [1.54, 1.807) is 0 Å². The highest BCUT2D eigenvalue weighted by Crippen LogP contribution is 2.10. The average molecular weight is 361 g/mol. The van der Waals surface area contributed by atoms with E-state index in [4.69, 9.17) is 4.74 Å². The fourth-order valence-electron chi connectivity index (χ4n) is 2.82. The minimum absolute atomic E-state index is 0. The van der Waals surface area contributed by atoms with Crippen molar-refractivity contribution in [1.82, 2.24) is 4.57 Å². The number of hydrogen-bond acceptors (Lipinski definition) is 2. The molecule has 0 spiro atoms. The van der Waals surface area contributed by atoms with Gasteiger partial charge >= 0.3 is 0 Å². The van der Waals surface area contributed by atoms with Crippen molar-refractivity contribution >= 4 is 0 Å². The topological polar surface area (TPSA) is 38.3 Å². The maximum absolute atomic E-state index is 9.92. The molecule has 1 N–H and O–H groups in total. The van der Waals surface area contributed by atoms with Crippen molar-refractivity contribution in [2.75, 3.05) is 13.2 Å². The Balaban J connectivity index is 0.00000529.